The lowest BCUT2D eigenvalue weighted by Gasteiger charge is -2.31. The van der Waals surface area contributed by atoms with Gasteiger partial charge in [-0.25, -0.2) is 0 Å². The highest BCUT2D eigenvalue weighted by molar-refractivity contribution is 7.17. The standard InChI is InChI=1S/C16H20N2S/c1-2-4-16-15(3-1)13(12-19-16)11-18-10-9-17-7-5-14(18)6-8-17/h1-4,12,14H,5-11H2. The van der Waals surface area contributed by atoms with Crippen LogP contribution in [-0.4, -0.2) is 42.0 Å². The molecule has 19 heavy (non-hydrogen) atoms. The minimum atomic E-state index is 0.817. The summed E-state index contributed by atoms with van der Waals surface area (Å²) in [5.74, 6) is 0. The first kappa shape index (κ1) is 11.9. The molecule has 3 fully saturated rings. The highest BCUT2D eigenvalue weighted by Gasteiger charge is 2.29. The lowest BCUT2D eigenvalue weighted by Crippen LogP contribution is -2.37. The van der Waals surface area contributed by atoms with Crippen LogP contribution >= 0.6 is 11.3 Å². The fraction of sp³-hybridized carbons (Fsp3) is 0.500. The number of thiophene rings is 1. The van der Waals surface area contributed by atoms with Crippen molar-refractivity contribution in [3.63, 3.8) is 0 Å². The Morgan fingerprint density at radius 1 is 1.05 bits per heavy atom. The monoisotopic (exact) mass is 272 g/mol. The third kappa shape index (κ3) is 2.20. The van der Waals surface area contributed by atoms with Crippen LogP contribution in [0, 0.1) is 0 Å². The predicted molar refractivity (Wildman–Crippen MR) is 81.7 cm³/mol. The molecular weight excluding hydrogens is 252 g/mol. The summed E-state index contributed by atoms with van der Waals surface area (Å²) in [4.78, 5) is 5.35. The van der Waals surface area contributed by atoms with E-state index < -0.39 is 0 Å². The topological polar surface area (TPSA) is 6.48 Å². The summed E-state index contributed by atoms with van der Waals surface area (Å²) in [5.41, 5.74) is 1.53. The van der Waals surface area contributed by atoms with Gasteiger partial charge in [0.15, 0.2) is 0 Å². The molecule has 100 valence electrons. The molecule has 0 N–H and O–H groups in total. The minimum Gasteiger partial charge on any atom is -0.302 e. The highest BCUT2D eigenvalue weighted by Crippen LogP contribution is 2.29. The maximum atomic E-state index is 2.72. The Balaban J connectivity index is 1.60. The largest absolute Gasteiger partial charge is 0.302 e. The zero-order valence-electron chi connectivity index (χ0n) is 11.2. The Labute approximate surface area is 118 Å². The van der Waals surface area contributed by atoms with Crippen molar-refractivity contribution in [2.24, 2.45) is 0 Å². The van der Waals surface area contributed by atoms with Crippen molar-refractivity contribution in [3.05, 3.63) is 35.2 Å². The van der Waals surface area contributed by atoms with E-state index in [9.17, 15) is 0 Å². The van der Waals surface area contributed by atoms with E-state index in [1.807, 2.05) is 11.3 Å². The number of fused-ring (bicyclic) bond motifs is 5. The molecule has 0 atom stereocenters. The van der Waals surface area contributed by atoms with Crippen LogP contribution < -0.4 is 0 Å². The summed E-state index contributed by atoms with van der Waals surface area (Å²) in [6.45, 7) is 6.27. The van der Waals surface area contributed by atoms with Gasteiger partial charge in [-0.1, -0.05) is 18.2 Å². The van der Waals surface area contributed by atoms with Gasteiger partial charge in [-0.05, 0) is 48.3 Å². The number of hydrogen-bond acceptors (Lipinski definition) is 3. The summed E-state index contributed by atoms with van der Waals surface area (Å²) >= 11 is 1.89. The number of rotatable bonds is 2. The van der Waals surface area contributed by atoms with Crippen LogP contribution in [0.2, 0.25) is 0 Å². The normalized spacial score (nSPS) is 27.8. The molecule has 5 rings (SSSR count). The van der Waals surface area contributed by atoms with Crippen LogP contribution in [0.15, 0.2) is 29.6 Å². The van der Waals surface area contributed by atoms with Gasteiger partial charge in [0.2, 0.25) is 0 Å². The van der Waals surface area contributed by atoms with Gasteiger partial charge in [-0.3, -0.25) is 4.90 Å². The van der Waals surface area contributed by atoms with Crippen molar-refractivity contribution in [2.75, 3.05) is 26.2 Å². The van der Waals surface area contributed by atoms with Crippen LogP contribution in [0.25, 0.3) is 10.1 Å². The molecule has 0 radical (unpaired) electrons. The van der Waals surface area contributed by atoms with Gasteiger partial charge in [0, 0.05) is 30.4 Å². The van der Waals surface area contributed by atoms with Crippen LogP contribution in [-0.2, 0) is 6.54 Å². The van der Waals surface area contributed by atoms with E-state index in [0.29, 0.717) is 0 Å². The van der Waals surface area contributed by atoms with Crippen molar-refractivity contribution in [1.82, 2.24) is 9.80 Å². The average Bonchev–Trinajstić information content (AvgIpc) is 2.65. The molecule has 2 bridgehead atoms. The van der Waals surface area contributed by atoms with E-state index in [2.05, 4.69) is 39.4 Å². The van der Waals surface area contributed by atoms with E-state index >= 15 is 0 Å². The lowest BCUT2D eigenvalue weighted by atomic mass is 10.0. The Hall–Kier alpha value is -0.900. The number of benzene rings is 1. The second kappa shape index (κ2) is 4.89. The number of piperidine rings is 1. The molecule has 2 aromatic rings. The van der Waals surface area contributed by atoms with E-state index in [0.717, 1.165) is 12.6 Å². The van der Waals surface area contributed by atoms with Crippen molar-refractivity contribution in [2.45, 2.75) is 25.4 Å². The van der Waals surface area contributed by atoms with Gasteiger partial charge < -0.3 is 4.90 Å². The smallest absolute Gasteiger partial charge is 0.0346 e. The van der Waals surface area contributed by atoms with Crippen molar-refractivity contribution in [3.8, 4) is 0 Å². The van der Waals surface area contributed by atoms with Crippen molar-refractivity contribution in [1.29, 1.82) is 0 Å². The molecule has 0 aliphatic carbocycles. The summed E-state index contributed by atoms with van der Waals surface area (Å²) in [6.07, 6.45) is 2.73. The second-order valence-electron chi connectivity index (χ2n) is 5.80. The van der Waals surface area contributed by atoms with Gasteiger partial charge >= 0.3 is 0 Å². The van der Waals surface area contributed by atoms with Crippen molar-refractivity contribution < 1.29 is 0 Å². The quantitative estimate of drug-likeness (QED) is 0.828. The van der Waals surface area contributed by atoms with E-state index in [1.54, 1.807) is 0 Å². The predicted octanol–water partition coefficient (Wildman–Crippen LogP) is 3.18. The van der Waals surface area contributed by atoms with Crippen molar-refractivity contribution >= 4 is 21.4 Å². The Kier molecular flexibility index (Phi) is 3.06. The number of nitrogens with zero attached hydrogens (tertiary/aromatic N) is 2. The summed E-state index contributed by atoms with van der Waals surface area (Å²) in [6, 6.07) is 9.64. The molecule has 1 aromatic carbocycles. The Morgan fingerprint density at radius 2 is 1.89 bits per heavy atom. The molecule has 3 saturated heterocycles. The zero-order chi connectivity index (χ0) is 12.7. The second-order valence-corrected chi connectivity index (χ2v) is 6.71. The fourth-order valence-corrected chi connectivity index (χ4v) is 4.50. The average molecular weight is 272 g/mol. The van der Waals surface area contributed by atoms with Crippen LogP contribution in [0.4, 0.5) is 0 Å². The highest BCUT2D eigenvalue weighted by atomic mass is 32.1. The molecule has 4 heterocycles. The molecule has 0 saturated carbocycles. The molecule has 3 aliphatic heterocycles. The zero-order valence-corrected chi connectivity index (χ0v) is 12.0. The summed E-state index contributed by atoms with van der Waals surface area (Å²) in [5, 5.41) is 3.83. The molecular formula is C16H20N2S. The molecule has 3 aliphatic rings. The third-order valence-electron chi connectivity index (χ3n) is 4.71. The SMILES string of the molecule is c1ccc2c(CN3CCN4CCC3CC4)csc2c1. The van der Waals surface area contributed by atoms with Gasteiger partial charge in [0.25, 0.3) is 0 Å². The first-order valence-electron chi connectivity index (χ1n) is 7.32. The molecule has 1 aromatic heterocycles. The first-order chi connectivity index (χ1) is 9.40. The third-order valence-corrected chi connectivity index (χ3v) is 5.72. The van der Waals surface area contributed by atoms with Crippen LogP contribution in [0.5, 0.6) is 0 Å². The summed E-state index contributed by atoms with van der Waals surface area (Å²) < 4.78 is 1.43. The minimum absolute atomic E-state index is 0.817. The molecule has 0 spiro atoms. The van der Waals surface area contributed by atoms with Crippen LogP contribution in [0.1, 0.15) is 18.4 Å². The van der Waals surface area contributed by atoms with Gasteiger partial charge in [0.05, 0.1) is 0 Å². The van der Waals surface area contributed by atoms with E-state index in [4.69, 9.17) is 0 Å². The first-order valence-corrected chi connectivity index (χ1v) is 8.19. The van der Waals surface area contributed by atoms with Gasteiger partial charge in [-0.15, -0.1) is 11.3 Å². The summed E-state index contributed by atoms with van der Waals surface area (Å²) in [7, 11) is 0. The maximum Gasteiger partial charge on any atom is 0.0346 e. The molecule has 3 heteroatoms. The van der Waals surface area contributed by atoms with E-state index in [-0.39, 0.29) is 0 Å². The Bertz CT molecular complexity index is 569. The maximum absolute atomic E-state index is 2.72. The van der Waals surface area contributed by atoms with Gasteiger partial charge in [-0.2, -0.15) is 0 Å². The van der Waals surface area contributed by atoms with E-state index in [1.165, 1.54) is 54.7 Å². The molecule has 0 unspecified atom stereocenters. The van der Waals surface area contributed by atoms with Crippen LogP contribution in [0.3, 0.4) is 0 Å². The number of hydrogen-bond donors (Lipinski definition) is 0. The molecule has 0 amide bonds. The fourth-order valence-electron chi connectivity index (χ4n) is 3.54. The van der Waals surface area contributed by atoms with Gasteiger partial charge in [0.1, 0.15) is 0 Å². The Morgan fingerprint density at radius 3 is 2.79 bits per heavy atom. The molecule has 2 nitrogen and oxygen atoms in total. The lowest BCUT2D eigenvalue weighted by molar-refractivity contribution is 0.177.